The molecule has 256 valence electrons. The van der Waals surface area contributed by atoms with E-state index in [-0.39, 0.29) is 0 Å². The van der Waals surface area contributed by atoms with Crippen molar-refractivity contribution >= 4 is 50.4 Å². The summed E-state index contributed by atoms with van der Waals surface area (Å²) < 4.78 is 300. The normalized spacial score (nSPS) is 23.8. The van der Waals surface area contributed by atoms with Gasteiger partial charge >= 0.3 is 0 Å². The van der Waals surface area contributed by atoms with Crippen LogP contribution in [0.5, 0.6) is 5.75 Å². The van der Waals surface area contributed by atoms with Crippen LogP contribution >= 0.6 is 0 Å². The number of hydrogen-bond donors (Lipinski definition) is 0. The second kappa shape index (κ2) is 12.3. The van der Waals surface area contributed by atoms with E-state index in [4.69, 9.17) is 37.9 Å². The largest absolute Gasteiger partial charge is 0.469 e. The van der Waals surface area contributed by atoms with E-state index >= 15 is 0 Å². The number of ether oxygens (including phenoxy) is 1. The highest BCUT2D eigenvalue weighted by molar-refractivity contribution is 6.10. The van der Waals surface area contributed by atoms with Gasteiger partial charge in [-0.3, -0.25) is 0 Å². The summed E-state index contributed by atoms with van der Waals surface area (Å²) in [7, 11) is 0. The van der Waals surface area contributed by atoms with Gasteiger partial charge in [0, 0.05) is 39.1 Å². The van der Waals surface area contributed by atoms with Crippen LogP contribution in [0.3, 0.4) is 0 Å². The summed E-state index contributed by atoms with van der Waals surface area (Å²) in [6, 6.07) is -31.9. The molecule has 0 N–H and O–H groups in total. The number of nitrogens with zero attached hydrogens (tertiary/aromatic N) is 2. The van der Waals surface area contributed by atoms with Crippen molar-refractivity contribution in [2.24, 2.45) is 0 Å². The molecule has 3 heterocycles. The summed E-state index contributed by atoms with van der Waals surface area (Å²) in [6.45, 7) is 0. The van der Waals surface area contributed by atoms with Gasteiger partial charge in [0.2, 0.25) is 0 Å². The molecule has 0 saturated heterocycles. The van der Waals surface area contributed by atoms with Gasteiger partial charge in [-0.05, 0) is 88.2 Å². The van der Waals surface area contributed by atoms with E-state index in [0.717, 1.165) is 4.90 Å². The lowest BCUT2D eigenvalue weighted by atomic mass is 9.87. The molecular weight excluding hydrogens is 661 g/mol. The van der Waals surface area contributed by atoms with Crippen LogP contribution < -0.4 is 14.5 Å². The lowest BCUT2D eigenvalue weighted by Gasteiger charge is -2.26. The molecule has 11 rings (SSSR count). The minimum atomic E-state index is -1.87. The predicted octanol–water partition coefficient (Wildman–Crippen LogP) is 13.4. The highest BCUT2D eigenvalue weighted by Crippen LogP contribution is 2.56. The van der Waals surface area contributed by atoms with Crippen LogP contribution in [-0.4, -0.2) is 6.23 Å². The summed E-state index contributed by atoms with van der Waals surface area (Å²) in [4.78, 5) is 1.27. The smallest absolute Gasteiger partial charge is 0.187 e. The Hall–Kier alpha value is -7.04. The third-order valence-electron chi connectivity index (χ3n) is 8.75. The van der Waals surface area contributed by atoms with E-state index in [9.17, 15) is 15.1 Å². The highest BCUT2D eigenvalue weighted by Gasteiger charge is 2.48. The third kappa shape index (κ3) is 4.77. The Labute approximate surface area is 358 Å². The number of rotatable bonds is 6. The van der Waals surface area contributed by atoms with Gasteiger partial charge in [0.05, 0.1) is 55.5 Å². The van der Waals surface area contributed by atoms with Gasteiger partial charge in [0.25, 0.3) is 0 Å². The molecule has 54 heavy (non-hydrogen) atoms. The molecule has 0 amide bonds. The van der Waals surface area contributed by atoms with Crippen LogP contribution in [0.2, 0.25) is 0 Å². The standard InChI is InChI=1S/C50H34N2O2/c1-3-13-33(14-4-1)34-25-29-37(30-26-34)51(44-22-11-20-41-40-17-8-10-23-45(40)53-49(41)44)38-31-27-35(28-32-38)39-19-12-24-46-47(39)48-42-18-7-9-21-43(42)52(50(48)54-46)36-15-5-2-6-16-36/h1-32,48,50H/i1D,2D,3D,4D,5D,6D,7D,8D,9D,10D,11D,12D,13D,14D,15D,16D,17D,18D,19D,20D,21D,22D,23D,24D,25D,26D,27D,28D,29D,30D,31D,32D. The van der Waals surface area contributed by atoms with E-state index in [1.54, 1.807) is 0 Å². The predicted molar refractivity (Wildman–Crippen MR) is 221 cm³/mol. The van der Waals surface area contributed by atoms with Crippen molar-refractivity contribution in [3.8, 4) is 28.0 Å². The van der Waals surface area contributed by atoms with Crippen LogP contribution in [0.4, 0.5) is 28.4 Å². The van der Waals surface area contributed by atoms with Gasteiger partial charge < -0.3 is 19.0 Å². The van der Waals surface area contributed by atoms with Crippen LogP contribution in [0.25, 0.3) is 44.2 Å². The molecule has 2 aliphatic rings. The Bertz CT molecular complexity index is 4580. The van der Waals surface area contributed by atoms with Crippen LogP contribution in [0, 0.1) is 0 Å². The van der Waals surface area contributed by atoms with Gasteiger partial charge in [0.1, 0.15) is 11.3 Å². The monoisotopic (exact) mass is 726 g/mol. The first-order chi connectivity index (χ1) is 40.1. The minimum absolute atomic E-state index is 0.396. The first-order valence-electron chi connectivity index (χ1n) is 31.9. The first-order valence-corrected chi connectivity index (χ1v) is 15.9. The van der Waals surface area contributed by atoms with Crippen molar-refractivity contribution in [2.45, 2.75) is 12.1 Å². The van der Waals surface area contributed by atoms with Crippen LogP contribution in [0.1, 0.15) is 60.9 Å². The summed E-state index contributed by atoms with van der Waals surface area (Å²) >= 11 is 0. The molecule has 0 spiro atoms. The van der Waals surface area contributed by atoms with Crippen molar-refractivity contribution in [1.82, 2.24) is 0 Å². The van der Waals surface area contributed by atoms with E-state index in [0.29, 0.717) is 4.90 Å². The van der Waals surface area contributed by atoms with Gasteiger partial charge in [-0.25, -0.2) is 0 Å². The fourth-order valence-electron chi connectivity index (χ4n) is 6.54. The molecule has 4 nitrogen and oxygen atoms in total. The first kappa shape index (κ1) is 12.5. The maximum absolute atomic E-state index is 9.88. The fraction of sp³-hybridized carbons (Fsp3) is 0.0400. The molecular formula is C50H34N2O2. The molecule has 0 radical (unpaired) electrons. The van der Waals surface area contributed by atoms with Crippen molar-refractivity contribution in [1.29, 1.82) is 0 Å². The number of fused-ring (bicyclic) bond motifs is 8. The SMILES string of the molecule is [2H]c1c([2H])c([2H])c(-c2c([2H])c([2H])c(N(c3c([2H])c([2H])c(-c4c([2H])c([2H])c([2H])c5c4C4c6c([2H])c([2H])c([2H])c([2H])c6N(c6c([2H])c([2H])c([2H])c([2H])c6[2H])C4O5)c([2H])c3[2H])c3c([2H])c([2H])c([2H])c4c3oc3c([2H])c([2H])c([2H])c([2H])c34)c([2H])c2[2H])c([2H])c1[2H]. The van der Waals surface area contributed by atoms with Crippen molar-refractivity contribution in [2.75, 3.05) is 9.80 Å². The maximum Gasteiger partial charge on any atom is 0.187 e. The van der Waals surface area contributed by atoms with Crippen molar-refractivity contribution < 1.29 is 53.0 Å². The number of para-hydroxylation sites is 4. The van der Waals surface area contributed by atoms with E-state index in [1.807, 2.05) is 0 Å². The zero-order chi connectivity index (χ0) is 63.4. The minimum Gasteiger partial charge on any atom is -0.469 e. The van der Waals surface area contributed by atoms with Gasteiger partial charge in [-0.15, -0.1) is 0 Å². The topological polar surface area (TPSA) is 28.9 Å². The fourth-order valence-corrected chi connectivity index (χ4v) is 6.54. The summed E-state index contributed by atoms with van der Waals surface area (Å²) in [5.74, 6) is -2.41. The Kier molecular flexibility index (Phi) is 2.85. The number of hydrogen-bond acceptors (Lipinski definition) is 4. The van der Waals surface area contributed by atoms with Gasteiger partial charge in [0.15, 0.2) is 11.8 Å². The molecule has 9 aromatic rings. The number of anilines is 5. The molecule has 2 atom stereocenters. The van der Waals surface area contributed by atoms with E-state index in [1.165, 1.54) is 0 Å². The molecule has 8 aromatic carbocycles. The number of furan rings is 1. The van der Waals surface area contributed by atoms with Crippen molar-refractivity contribution in [3.05, 3.63) is 204 Å². The molecule has 0 fully saturated rings. The van der Waals surface area contributed by atoms with E-state index < -0.39 is 295 Å². The second-order valence-electron chi connectivity index (χ2n) is 11.6. The summed E-state index contributed by atoms with van der Waals surface area (Å²) in [6.07, 6.45) is -1.87. The molecule has 0 bridgehead atoms. The van der Waals surface area contributed by atoms with Crippen LogP contribution in [-0.2, 0) is 0 Å². The molecule has 1 aromatic heterocycles. The Morgan fingerprint density at radius 2 is 1.15 bits per heavy atom. The zero-order valence-electron chi connectivity index (χ0n) is 58.9. The molecule has 4 heteroatoms. The lowest BCUT2D eigenvalue weighted by Crippen LogP contribution is -2.32. The molecule has 0 saturated carbocycles. The quantitative estimate of drug-likeness (QED) is 0.171. The Morgan fingerprint density at radius 3 is 1.94 bits per heavy atom. The lowest BCUT2D eigenvalue weighted by molar-refractivity contribution is 0.234. The maximum atomic E-state index is 9.88. The number of benzene rings is 8. The molecule has 0 aliphatic carbocycles. The van der Waals surface area contributed by atoms with Gasteiger partial charge in [-0.1, -0.05) is 133 Å². The summed E-state index contributed by atoms with van der Waals surface area (Å²) in [5, 5.41) is -1.19. The average molecular weight is 727 g/mol. The Morgan fingerprint density at radius 1 is 0.519 bits per heavy atom. The van der Waals surface area contributed by atoms with Crippen molar-refractivity contribution in [3.63, 3.8) is 0 Å². The Balaban J connectivity index is 1.27. The highest BCUT2D eigenvalue weighted by atomic mass is 16.5. The second-order valence-corrected chi connectivity index (χ2v) is 11.6. The third-order valence-corrected chi connectivity index (χ3v) is 8.75. The van der Waals surface area contributed by atoms with E-state index in [2.05, 4.69) is 0 Å². The zero-order valence-corrected chi connectivity index (χ0v) is 26.9. The summed E-state index contributed by atoms with van der Waals surface area (Å²) in [5.41, 5.74) is -10.4. The van der Waals surface area contributed by atoms with Gasteiger partial charge in [-0.2, -0.15) is 0 Å². The van der Waals surface area contributed by atoms with Crippen LogP contribution in [0.15, 0.2) is 198 Å². The molecule has 2 unspecified atom stereocenters. The average Bonchev–Trinajstić information content (AvgIpc) is 1.48. The molecule has 2 aliphatic heterocycles.